The quantitative estimate of drug-likeness (QED) is 0.619. The lowest BCUT2D eigenvalue weighted by Crippen LogP contribution is -2.30. The molecular formula is C21H24ClNO6. The largest absolute Gasteiger partial charge is 0.493 e. The van der Waals surface area contributed by atoms with Crippen LogP contribution in [0.4, 0.5) is 5.69 Å². The average molecular weight is 422 g/mol. The zero-order valence-corrected chi connectivity index (χ0v) is 17.5. The number of esters is 1. The number of hydrogen-bond acceptors (Lipinski definition) is 6. The highest BCUT2D eigenvalue weighted by Gasteiger charge is 2.19. The molecular weight excluding hydrogens is 398 g/mol. The van der Waals surface area contributed by atoms with E-state index >= 15 is 0 Å². The standard InChI is InChI=1S/C21H24ClNO6/c1-13(21(25)23-16-8-6-15(22)7-9-16)29-19(24)10-5-14-11-17(26-2)20(28-4)18(12-14)27-3/h6-9,11-13H,5,10H2,1-4H3,(H,23,25)/t13-/m1/s1. The minimum atomic E-state index is -0.932. The molecule has 1 atom stereocenters. The first-order valence-corrected chi connectivity index (χ1v) is 9.30. The third kappa shape index (κ3) is 6.29. The summed E-state index contributed by atoms with van der Waals surface area (Å²) < 4.78 is 21.1. The van der Waals surface area contributed by atoms with Gasteiger partial charge in [0.2, 0.25) is 5.75 Å². The molecule has 2 aromatic carbocycles. The van der Waals surface area contributed by atoms with Crippen molar-refractivity contribution in [3.05, 3.63) is 47.0 Å². The predicted octanol–water partition coefficient (Wildman–Crippen LogP) is 3.87. The van der Waals surface area contributed by atoms with E-state index < -0.39 is 18.0 Å². The molecule has 0 radical (unpaired) electrons. The molecule has 1 N–H and O–H groups in total. The molecule has 0 unspecified atom stereocenters. The van der Waals surface area contributed by atoms with Crippen molar-refractivity contribution >= 4 is 29.2 Å². The van der Waals surface area contributed by atoms with Gasteiger partial charge in [-0.3, -0.25) is 9.59 Å². The van der Waals surface area contributed by atoms with Gasteiger partial charge in [0, 0.05) is 17.1 Å². The molecule has 0 aromatic heterocycles. The highest BCUT2D eigenvalue weighted by molar-refractivity contribution is 6.30. The molecule has 0 saturated heterocycles. The number of carbonyl (C=O) groups is 2. The maximum Gasteiger partial charge on any atom is 0.306 e. The van der Waals surface area contributed by atoms with Crippen molar-refractivity contribution in [3.8, 4) is 17.2 Å². The number of rotatable bonds is 9. The Morgan fingerprint density at radius 3 is 2.10 bits per heavy atom. The molecule has 156 valence electrons. The number of amides is 1. The van der Waals surface area contributed by atoms with E-state index in [9.17, 15) is 9.59 Å². The zero-order chi connectivity index (χ0) is 21.4. The molecule has 2 aromatic rings. The monoisotopic (exact) mass is 421 g/mol. The molecule has 0 aliphatic carbocycles. The highest BCUT2D eigenvalue weighted by atomic mass is 35.5. The molecule has 0 bridgehead atoms. The smallest absolute Gasteiger partial charge is 0.306 e. The molecule has 0 aliphatic heterocycles. The summed E-state index contributed by atoms with van der Waals surface area (Å²) in [6.07, 6.45) is -0.448. The molecule has 1 amide bonds. The van der Waals surface area contributed by atoms with Crippen LogP contribution in [0.15, 0.2) is 36.4 Å². The minimum absolute atomic E-state index is 0.0944. The molecule has 7 nitrogen and oxygen atoms in total. The summed E-state index contributed by atoms with van der Waals surface area (Å²) in [6.45, 7) is 1.52. The van der Waals surface area contributed by atoms with Crippen LogP contribution >= 0.6 is 11.6 Å². The summed E-state index contributed by atoms with van der Waals surface area (Å²) in [6, 6.07) is 10.2. The van der Waals surface area contributed by atoms with Gasteiger partial charge in [-0.25, -0.2) is 0 Å². The van der Waals surface area contributed by atoms with Crippen LogP contribution in [0.3, 0.4) is 0 Å². The Morgan fingerprint density at radius 2 is 1.59 bits per heavy atom. The summed E-state index contributed by atoms with van der Waals surface area (Å²) >= 11 is 5.82. The van der Waals surface area contributed by atoms with E-state index in [1.807, 2.05) is 0 Å². The fourth-order valence-corrected chi connectivity index (χ4v) is 2.74. The Morgan fingerprint density at radius 1 is 1.00 bits per heavy atom. The van der Waals surface area contributed by atoms with E-state index in [0.29, 0.717) is 34.4 Å². The minimum Gasteiger partial charge on any atom is -0.493 e. The Labute approximate surface area is 174 Å². The van der Waals surface area contributed by atoms with Gasteiger partial charge in [-0.2, -0.15) is 0 Å². The number of aryl methyl sites for hydroxylation is 1. The maximum absolute atomic E-state index is 12.2. The van der Waals surface area contributed by atoms with Crippen LogP contribution in [0.5, 0.6) is 17.2 Å². The number of methoxy groups -OCH3 is 3. The highest BCUT2D eigenvalue weighted by Crippen LogP contribution is 2.38. The number of benzene rings is 2. The summed E-state index contributed by atoms with van der Waals surface area (Å²) in [5.74, 6) is 0.580. The first kappa shape index (κ1) is 22.4. The van der Waals surface area contributed by atoms with Crippen molar-refractivity contribution in [2.45, 2.75) is 25.9 Å². The van der Waals surface area contributed by atoms with E-state index in [0.717, 1.165) is 5.56 Å². The Bertz CT molecular complexity index is 828. The van der Waals surface area contributed by atoms with E-state index in [4.69, 9.17) is 30.5 Å². The van der Waals surface area contributed by atoms with Gasteiger partial charge in [-0.15, -0.1) is 0 Å². The molecule has 0 spiro atoms. The first-order chi connectivity index (χ1) is 13.9. The van der Waals surface area contributed by atoms with Crippen LogP contribution in [0, 0.1) is 0 Å². The molecule has 2 rings (SSSR count). The number of hydrogen-bond donors (Lipinski definition) is 1. The zero-order valence-electron chi connectivity index (χ0n) is 16.8. The van der Waals surface area contributed by atoms with Crippen LogP contribution in [0.1, 0.15) is 18.9 Å². The molecule has 0 fully saturated rings. The van der Waals surface area contributed by atoms with E-state index in [-0.39, 0.29) is 6.42 Å². The van der Waals surface area contributed by atoms with Gasteiger partial charge in [0.1, 0.15) is 0 Å². The molecule has 0 heterocycles. The lowest BCUT2D eigenvalue weighted by atomic mass is 10.1. The second-order valence-electron chi connectivity index (χ2n) is 6.16. The van der Waals surface area contributed by atoms with Crippen molar-refractivity contribution < 1.29 is 28.5 Å². The Kier molecular flexibility index (Phi) is 8.15. The van der Waals surface area contributed by atoms with Gasteiger partial charge in [0.25, 0.3) is 5.91 Å². The Hall–Kier alpha value is -2.93. The third-order valence-electron chi connectivity index (χ3n) is 4.13. The molecule has 0 aliphatic rings. The van der Waals surface area contributed by atoms with Crippen LogP contribution in [0.25, 0.3) is 0 Å². The summed E-state index contributed by atoms with van der Waals surface area (Å²) in [5.41, 5.74) is 1.38. The van der Waals surface area contributed by atoms with Crippen molar-refractivity contribution in [3.63, 3.8) is 0 Å². The maximum atomic E-state index is 12.2. The van der Waals surface area contributed by atoms with Crippen molar-refractivity contribution in [1.29, 1.82) is 0 Å². The number of ether oxygens (including phenoxy) is 4. The van der Waals surface area contributed by atoms with E-state index in [2.05, 4.69) is 5.32 Å². The number of anilines is 1. The van der Waals surface area contributed by atoms with Crippen molar-refractivity contribution in [1.82, 2.24) is 0 Å². The second kappa shape index (κ2) is 10.6. The number of halogens is 1. The van der Waals surface area contributed by atoms with Crippen molar-refractivity contribution in [2.24, 2.45) is 0 Å². The normalized spacial score (nSPS) is 11.3. The fraction of sp³-hybridized carbons (Fsp3) is 0.333. The third-order valence-corrected chi connectivity index (χ3v) is 4.38. The predicted molar refractivity (Wildman–Crippen MR) is 110 cm³/mol. The Balaban J connectivity index is 1.92. The van der Waals surface area contributed by atoms with Gasteiger partial charge >= 0.3 is 5.97 Å². The summed E-state index contributed by atoms with van der Waals surface area (Å²) in [4.78, 5) is 24.3. The molecule has 0 saturated carbocycles. The number of carbonyl (C=O) groups excluding carboxylic acids is 2. The van der Waals surface area contributed by atoms with Crippen LogP contribution in [-0.2, 0) is 20.7 Å². The molecule has 8 heteroatoms. The van der Waals surface area contributed by atoms with E-state index in [1.165, 1.54) is 28.3 Å². The van der Waals surface area contributed by atoms with Crippen LogP contribution < -0.4 is 19.5 Å². The van der Waals surface area contributed by atoms with E-state index in [1.54, 1.807) is 36.4 Å². The fourth-order valence-electron chi connectivity index (χ4n) is 2.61. The van der Waals surface area contributed by atoms with Crippen LogP contribution in [-0.4, -0.2) is 39.3 Å². The van der Waals surface area contributed by atoms with Crippen LogP contribution in [0.2, 0.25) is 5.02 Å². The van der Waals surface area contributed by atoms with Gasteiger partial charge in [-0.1, -0.05) is 11.6 Å². The SMILES string of the molecule is COc1cc(CCC(=O)O[C@H](C)C(=O)Nc2ccc(Cl)cc2)cc(OC)c1OC. The van der Waals surface area contributed by atoms with Crippen molar-refractivity contribution in [2.75, 3.05) is 26.6 Å². The first-order valence-electron chi connectivity index (χ1n) is 8.92. The second-order valence-corrected chi connectivity index (χ2v) is 6.60. The van der Waals surface area contributed by atoms with Gasteiger partial charge in [0.15, 0.2) is 17.6 Å². The summed E-state index contributed by atoms with van der Waals surface area (Å²) in [5, 5.41) is 3.23. The lowest BCUT2D eigenvalue weighted by molar-refractivity contribution is -0.153. The average Bonchev–Trinajstić information content (AvgIpc) is 2.72. The molecule has 29 heavy (non-hydrogen) atoms. The van der Waals surface area contributed by atoms with Gasteiger partial charge in [-0.05, 0) is 55.3 Å². The summed E-state index contributed by atoms with van der Waals surface area (Å²) in [7, 11) is 4.57. The lowest BCUT2D eigenvalue weighted by Gasteiger charge is -2.15. The van der Waals surface area contributed by atoms with Gasteiger partial charge < -0.3 is 24.3 Å². The van der Waals surface area contributed by atoms with Gasteiger partial charge in [0.05, 0.1) is 21.3 Å². The topological polar surface area (TPSA) is 83.1 Å². The number of nitrogens with one attached hydrogen (secondary N) is 1.